The Morgan fingerprint density at radius 2 is 1.62 bits per heavy atom. The van der Waals surface area contributed by atoms with E-state index < -0.39 is 0 Å². The molecule has 2 heteroatoms. The molecular weight excluding hydrogens is 292 g/mol. The van der Waals surface area contributed by atoms with Gasteiger partial charge in [-0.25, -0.2) is 0 Å². The standard InChI is InChI=1S/C22H34N2/c1-19-8-7-12-22(2,3)21(19)11-13-23-14-16-24(17-15-23)18-20-9-5-4-6-10-20/h4-6,9-10H,7-8,11-18H2,1-3H3/p+2. The van der Waals surface area contributed by atoms with Gasteiger partial charge in [0.05, 0.1) is 6.54 Å². The van der Waals surface area contributed by atoms with Crippen molar-refractivity contribution in [3.8, 4) is 0 Å². The summed E-state index contributed by atoms with van der Waals surface area (Å²) in [5.41, 5.74) is 5.40. The highest BCUT2D eigenvalue weighted by atomic mass is 15.3. The van der Waals surface area contributed by atoms with Crippen LogP contribution in [0, 0.1) is 5.41 Å². The Bertz CT molecular complexity index is 551. The molecule has 1 heterocycles. The highest BCUT2D eigenvalue weighted by Gasteiger charge is 2.30. The van der Waals surface area contributed by atoms with Crippen LogP contribution in [0.15, 0.2) is 41.5 Å². The van der Waals surface area contributed by atoms with Crippen molar-refractivity contribution >= 4 is 0 Å². The Kier molecular flexibility index (Phi) is 5.78. The van der Waals surface area contributed by atoms with Crippen molar-refractivity contribution in [2.45, 2.75) is 53.0 Å². The number of hydrogen-bond acceptors (Lipinski definition) is 0. The third-order valence-corrected chi connectivity index (χ3v) is 6.38. The average molecular weight is 329 g/mol. The molecule has 3 rings (SSSR count). The quantitative estimate of drug-likeness (QED) is 0.764. The SMILES string of the molecule is CC1=C(CC[NH+]2CC[NH+](Cc3ccccc3)CC2)C(C)(C)CCC1. The lowest BCUT2D eigenvalue weighted by Gasteiger charge is -2.36. The average Bonchev–Trinajstić information content (AvgIpc) is 2.56. The van der Waals surface area contributed by atoms with Crippen molar-refractivity contribution in [2.75, 3.05) is 32.7 Å². The Morgan fingerprint density at radius 3 is 2.29 bits per heavy atom. The van der Waals surface area contributed by atoms with E-state index in [0.29, 0.717) is 5.41 Å². The molecule has 0 aromatic heterocycles. The van der Waals surface area contributed by atoms with Crippen molar-refractivity contribution in [1.29, 1.82) is 0 Å². The second-order valence-corrected chi connectivity index (χ2v) is 8.66. The van der Waals surface area contributed by atoms with Gasteiger partial charge in [-0.1, -0.05) is 55.3 Å². The lowest BCUT2D eigenvalue weighted by molar-refractivity contribution is -1.02. The Labute approximate surface area is 148 Å². The van der Waals surface area contributed by atoms with Crippen LogP contribution in [0.25, 0.3) is 0 Å². The van der Waals surface area contributed by atoms with Gasteiger partial charge in [0.15, 0.2) is 0 Å². The molecule has 2 nitrogen and oxygen atoms in total. The Hall–Kier alpha value is -1.12. The van der Waals surface area contributed by atoms with Gasteiger partial charge in [0.25, 0.3) is 0 Å². The third-order valence-electron chi connectivity index (χ3n) is 6.38. The van der Waals surface area contributed by atoms with Crippen LogP contribution in [0.5, 0.6) is 0 Å². The second-order valence-electron chi connectivity index (χ2n) is 8.66. The van der Waals surface area contributed by atoms with Gasteiger partial charge in [-0.3, -0.25) is 0 Å². The lowest BCUT2D eigenvalue weighted by atomic mass is 9.71. The van der Waals surface area contributed by atoms with Crippen molar-refractivity contribution in [3.05, 3.63) is 47.0 Å². The maximum Gasteiger partial charge on any atom is 0.127 e. The topological polar surface area (TPSA) is 8.88 Å². The molecule has 1 saturated heterocycles. The number of nitrogens with one attached hydrogen (secondary N) is 2. The predicted molar refractivity (Wildman–Crippen MR) is 101 cm³/mol. The molecule has 0 atom stereocenters. The fourth-order valence-electron chi connectivity index (χ4n) is 4.80. The lowest BCUT2D eigenvalue weighted by Crippen LogP contribution is -3.27. The first-order valence-corrected chi connectivity index (χ1v) is 9.95. The first-order valence-electron chi connectivity index (χ1n) is 9.95. The van der Waals surface area contributed by atoms with E-state index in [2.05, 4.69) is 51.1 Å². The van der Waals surface area contributed by atoms with Gasteiger partial charge in [0.1, 0.15) is 32.7 Å². The van der Waals surface area contributed by atoms with Crippen molar-refractivity contribution in [1.82, 2.24) is 0 Å². The van der Waals surface area contributed by atoms with Crippen LogP contribution in [0.3, 0.4) is 0 Å². The molecule has 1 aliphatic heterocycles. The minimum Gasteiger partial charge on any atom is -0.325 e. The van der Waals surface area contributed by atoms with Crippen LogP contribution >= 0.6 is 0 Å². The van der Waals surface area contributed by atoms with Crippen molar-refractivity contribution < 1.29 is 9.80 Å². The molecular formula is C22H36N2+2. The molecule has 0 saturated carbocycles. The van der Waals surface area contributed by atoms with Gasteiger partial charge in [-0.15, -0.1) is 0 Å². The molecule has 1 fully saturated rings. The number of piperazine rings is 1. The molecule has 0 radical (unpaired) electrons. The fraction of sp³-hybridized carbons (Fsp3) is 0.636. The molecule has 1 aromatic rings. The fourth-order valence-corrected chi connectivity index (χ4v) is 4.80. The van der Waals surface area contributed by atoms with Crippen molar-refractivity contribution in [2.24, 2.45) is 5.41 Å². The van der Waals surface area contributed by atoms with E-state index in [1.807, 2.05) is 4.90 Å². The summed E-state index contributed by atoms with van der Waals surface area (Å²) in [5.74, 6) is 0. The monoisotopic (exact) mass is 328 g/mol. The normalized spacial score (nSPS) is 27.3. The molecule has 24 heavy (non-hydrogen) atoms. The molecule has 0 bridgehead atoms. The van der Waals surface area contributed by atoms with Crippen LogP contribution in [0.4, 0.5) is 0 Å². The second kappa shape index (κ2) is 7.84. The molecule has 0 amide bonds. The van der Waals surface area contributed by atoms with Gasteiger partial charge >= 0.3 is 0 Å². The summed E-state index contributed by atoms with van der Waals surface area (Å²) in [7, 11) is 0. The van der Waals surface area contributed by atoms with E-state index >= 15 is 0 Å². The van der Waals surface area contributed by atoms with E-state index in [9.17, 15) is 0 Å². The Morgan fingerprint density at radius 1 is 0.958 bits per heavy atom. The molecule has 2 N–H and O–H groups in total. The largest absolute Gasteiger partial charge is 0.325 e. The van der Waals surface area contributed by atoms with Crippen LogP contribution in [0.2, 0.25) is 0 Å². The summed E-state index contributed by atoms with van der Waals surface area (Å²) in [6.45, 7) is 15.2. The summed E-state index contributed by atoms with van der Waals surface area (Å²) in [4.78, 5) is 3.59. The summed E-state index contributed by atoms with van der Waals surface area (Å²) < 4.78 is 0. The number of benzene rings is 1. The van der Waals surface area contributed by atoms with E-state index in [1.165, 1.54) is 70.5 Å². The van der Waals surface area contributed by atoms with Crippen molar-refractivity contribution in [3.63, 3.8) is 0 Å². The zero-order valence-electron chi connectivity index (χ0n) is 16.0. The van der Waals surface area contributed by atoms with Gasteiger partial charge < -0.3 is 9.80 Å². The van der Waals surface area contributed by atoms with Gasteiger partial charge in [-0.2, -0.15) is 0 Å². The summed E-state index contributed by atoms with van der Waals surface area (Å²) in [6.07, 6.45) is 5.42. The number of allylic oxidation sites excluding steroid dienone is 1. The van der Waals surface area contributed by atoms with E-state index in [-0.39, 0.29) is 0 Å². The number of hydrogen-bond donors (Lipinski definition) is 2. The highest BCUT2D eigenvalue weighted by Crippen LogP contribution is 2.41. The predicted octanol–water partition coefficient (Wildman–Crippen LogP) is 1.89. The van der Waals surface area contributed by atoms with Crippen LogP contribution in [-0.4, -0.2) is 32.7 Å². The maximum absolute atomic E-state index is 2.46. The van der Waals surface area contributed by atoms with Crippen LogP contribution in [-0.2, 0) is 6.54 Å². The third kappa shape index (κ3) is 4.49. The van der Waals surface area contributed by atoms with Gasteiger partial charge in [0.2, 0.25) is 0 Å². The summed E-state index contributed by atoms with van der Waals surface area (Å²) in [5, 5.41) is 0. The van der Waals surface area contributed by atoms with Crippen LogP contribution in [0.1, 0.15) is 52.0 Å². The summed E-state index contributed by atoms with van der Waals surface area (Å²) in [6, 6.07) is 11.0. The zero-order valence-corrected chi connectivity index (χ0v) is 16.0. The molecule has 132 valence electrons. The molecule has 0 unspecified atom stereocenters. The van der Waals surface area contributed by atoms with E-state index in [0.717, 1.165) is 0 Å². The smallest absolute Gasteiger partial charge is 0.127 e. The highest BCUT2D eigenvalue weighted by molar-refractivity contribution is 5.22. The molecule has 1 aliphatic carbocycles. The van der Waals surface area contributed by atoms with Gasteiger partial charge in [0, 0.05) is 12.0 Å². The molecule has 0 spiro atoms. The first-order chi connectivity index (χ1) is 11.5. The molecule has 2 aliphatic rings. The zero-order chi connectivity index (χ0) is 17.0. The molecule has 1 aromatic carbocycles. The maximum atomic E-state index is 2.46. The van der Waals surface area contributed by atoms with Gasteiger partial charge in [-0.05, 0) is 31.6 Å². The Balaban J connectivity index is 1.46. The summed E-state index contributed by atoms with van der Waals surface area (Å²) >= 11 is 0. The first kappa shape index (κ1) is 17.7. The number of rotatable bonds is 5. The van der Waals surface area contributed by atoms with E-state index in [4.69, 9.17) is 0 Å². The number of quaternary nitrogens is 2. The minimum absolute atomic E-state index is 0.447. The van der Waals surface area contributed by atoms with E-state index in [1.54, 1.807) is 16.0 Å². The minimum atomic E-state index is 0.447. The van der Waals surface area contributed by atoms with Crippen LogP contribution < -0.4 is 9.80 Å².